The van der Waals surface area contributed by atoms with E-state index in [1.807, 2.05) is 0 Å². The molecule has 0 aromatic carbocycles. The second kappa shape index (κ2) is 32.0. The molecule has 3 N–H and O–H groups in total. The molecule has 0 saturated carbocycles. The first-order valence-corrected chi connectivity index (χ1v) is 19.5. The maximum Gasteiger partial charge on any atom is 0.472 e. The molecular formula is C34H68NO8P. The predicted octanol–water partition coefficient (Wildman–Crippen LogP) is 9.33. The number of phosphoric ester groups is 1. The number of unbranched alkanes of at least 4 members (excludes halogenated alkanes) is 21. The number of carbonyl (C=O) groups is 2. The summed E-state index contributed by atoms with van der Waals surface area (Å²) >= 11 is 0. The number of phosphoric acid groups is 1. The second-order valence-corrected chi connectivity index (χ2v) is 13.6. The van der Waals surface area contributed by atoms with E-state index in [2.05, 4.69) is 13.8 Å². The predicted molar refractivity (Wildman–Crippen MR) is 178 cm³/mol. The third-order valence-corrected chi connectivity index (χ3v) is 8.73. The SMILES string of the molecule is CCCCCCCCCCCCCCC(=O)OCC(COP(=O)(O)OCCN)OC(=O)CCCCCCCCCCCCC. The monoisotopic (exact) mass is 649 g/mol. The second-order valence-electron chi connectivity index (χ2n) is 12.1. The quantitative estimate of drug-likeness (QED) is 0.0397. The lowest BCUT2D eigenvalue weighted by atomic mass is 10.0. The molecule has 0 heterocycles. The molecule has 9 nitrogen and oxygen atoms in total. The first-order chi connectivity index (χ1) is 21.3. The smallest absolute Gasteiger partial charge is 0.462 e. The van der Waals surface area contributed by atoms with Gasteiger partial charge in [-0.1, -0.05) is 149 Å². The number of esters is 2. The van der Waals surface area contributed by atoms with Gasteiger partial charge in [0.25, 0.3) is 0 Å². The molecule has 0 rings (SSSR count). The van der Waals surface area contributed by atoms with Crippen LogP contribution in [0, 0.1) is 0 Å². The van der Waals surface area contributed by atoms with Gasteiger partial charge in [0, 0.05) is 19.4 Å². The van der Waals surface area contributed by atoms with Crippen molar-refractivity contribution in [1.82, 2.24) is 0 Å². The fourth-order valence-electron chi connectivity index (χ4n) is 5.05. The first kappa shape index (κ1) is 43.0. The number of hydrogen-bond acceptors (Lipinski definition) is 8. The van der Waals surface area contributed by atoms with Crippen molar-refractivity contribution < 1.29 is 37.6 Å². The summed E-state index contributed by atoms with van der Waals surface area (Å²) in [6.45, 7) is 3.72. The van der Waals surface area contributed by atoms with E-state index >= 15 is 0 Å². The molecule has 10 heteroatoms. The highest BCUT2D eigenvalue weighted by molar-refractivity contribution is 7.47. The molecule has 0 aliphatic heterocycles. The van der Waals surface area contributed by atoms with Crippen LogP contribution in [0.5, 0.6) is 0 Å². The molecule has 0 fully saturated rings. The van der Waals surface area contributed by atoms with Gasteiger partial charge < -0.3 is 20.1 Å². The van der Waals surface area contributed by atoms with Crippen molar-refractivity contribution >= 4 is 19.8 Å². The van der Waals surface area contributed by atoms with Gasteiger partial charge in [-0.3, -0.25) is 18.6 Å². The number of ether oxygens (including phenoxy) is 2. The number of nitrogens with two attached hydrogens (primary N) is 1. The van der Waals surface area contributed by atoms with E-state index < -0.39 is 26.5 Å². The highest BCUT2D eigenvalue weighted by Gasteiger charge is 2.25. The summed E-state index contributed by atoms with van der Waals surface area (Å²) in [5.74, 6) is -0.822. The zero-order valence-electron chi connectivity index (χ0n) is 28.4. The minimum atomic E-state index is -4.36. The van der Waals surface area contributed by atoms with E-state index in [9.17, 15) is 19.0 Å². The molecule has 0 aromatic heterocycles. The third-order valence-electron chi connectivity index (χ3n) is 7.74. The molecule has 0 amide bonds. The molecule has 0 aliphatic carbocycles. The van der Waals surface area contributed by atoms with Gasteiger partial charge in [0.05, 0.1) is 13.2 Å². The van der Waals surface area contributed by atoms with Crippen LogP contribution >= 0.6 is 7.82 Å². The van der Waals surface area contributed by atoms with Crippen molar-refractivity contribution in [2.24, 2.45) is 5.73 Å². The standard InChI is InChI=1S/C34H68NO8P/c1-3-5-7-9-11-13-15-17-18-20-22-24-26-33(36)40-30-32(31-42-44(38,39)41-29-28-35)43-34(37)27-25-23-21-19-16-14-12-10-8-6-4-2/h32H,3-31,35H2,1-2H3,(H,38,39). The maximum atomic E-state index is 12.5. The van der Waals surface area contributed by atoms with Gasteiger partial charge in [-0.25, -0.2) is 4.57 Å². The lowest BCUT2D eigenvalue weighted by Crippen LogP contribution is -2.29. The van der Waals surface area contributed by atoms with E-state index in [0.717, 1.165) is 32.1 Å². The summed E-state index contributed by atoms with van der Waals surface area (Å²) in [6, 6.07) is 0. The summed E-state index contributed by atoms with van der Waals surface area (Å²) < 4.78 is 32.5. The summed E-state index contributed by atoms with van der Waals surface area (Å²) in [5, 5.41) is 0. The molecule has 262 valence electrons. The summed E-state index contributed by atoms with van der Waals surface area (Å²) in [7, 11) is -4.36. The van der Waals surface area contributed by atoms with Gasteiger partial charge in [0.1, 0.15) is 6.61 Å². The number of hydrogen-bond donors (Lipinski definition) is 2. The highest BCUT2D eigenvalue weighted by Crippen LogP contribution is 2.43. The average molecular weight is 650 g/mol. The van der Waals surface area contributed by atoms with Crippen LogP contribution in [0.25, 0.3) is 0 Å². The summed E-state index contributed by atoms with van der Waals surface area (Å²) in [5.41, 5.74) is 5.32. The lowest BCUT2D eigenvalue weighted by molar-refractivity contribution is -0.161. The Labute approximate surface area is 269 Å². The zero-order chi connectivity index (χ0) is 32.6. The molecule has 0 saturated heterocycles. The molecule has 0 aliphatic rings. The minimum absolute atomic E-state index is 0.0576. The first-order valence-electron chi connectivity index (χ1n) is 18.0. The Balaban J connectivity index is 4.23. The van der Waals surface area contributed by atoms with E-state index in [4.69, 9.17) is 24.3 Å². The lowest BCUT2D eigenvalue weighted by Gasteiger charge is -2.19. The van der Waals surface area contributed by atoms with Crippen molar-refractivity contribution in [3.05, 3.63) is 0 Å². The Morgan fingerprint density at radius 3 is 1.39 bits per heavy atom. The molecule has 2 atom stereocenters. The van der Waals surface area contributed by atoms with E-state index in [0.29, 0.717) is 6.42 Å². The van der Waals surface area contributed by atoms with Crippen LogP contribution in [-0.2, 0) is 32.7 Å². The van der Waals surface area contributed by atoms with Crippen molar-refractivity contribution in [3.8, 4) is 0 Å². The van der Waals surface area contributed by atoms with Gasteiger partial charge in [-0.2, -0.15) is 0 Å². The van der Waals surface area contributed by atoms with Crippen LogP contribution in [0.3, 0.4) is 0 Å². The van der Waals surface area contributed by atoms with Crippen LogP contribution in [-0.4, -0.2) is 49.3 Å². The van der Waals surface area contributed by atoms with Crippen LogP contribution < -0.4 is 5.73 Å². The Kier molecular flexibility index (Phi) is 31.3. The normalized spacial score (nSPS) is 13.5. The van der Waals surface area contributed by atoms with Crippen molar-refractivity contribution in [2.45, 2.75) is 180 Å². The van der Waals surface area contributed by atoms with Gasteiger partial charge in [-0.05, 0) is 12.8 Å². The Hall–Kier alpha value is -0.990. The van der Waals surface area contributed by atoms with E-state index in [-0.39, 0.29) is 38.6 Å². The Bertz CT molecular complexity index is 709. The van der Waals surface area contributed by atoms with E-state index in [1.165, 1.54) is 109 Å². The zero-order valence-corrected chi connectivity index (χ0v) is 29.3. The fraction of sp³-hybridized carbons (Fsp3) is 0.941. The van der Waals surface area contributed by atoms with Crippen LogP contribution in [0.2, 0.25) is 0 Å². The van der Waals surface area contributed by atoms with Crippen molar-refractivity contribution in [3.63, 3.8) is 0 Å². The molecule has 0 spiro atoms. The van der Waals surface area contributed by atoms with Gasteiger partial charge in [0.2, 0.25) is 0 Å². The molecule has 0 radical (unpaired) electrons. The van der Waals surface area contributed by atoms with Crippen LogP contribution in [0.15, 0.2) is 0 Å². The van der Waals surface area contributed by atoms with Gasteiger partial charge in [0.15, 0.2) is 6.10 Å². The van der Waals surface area contributed by atoms with Gasteiger partial charge in [-0.15, -0.1) is 0 Å². The van der Waals surface area contributed by atoms with Crippen molar-refractivity contribution in [2.75, 3.05) is 26.4 Å². The number of carbonyl (C=O) groups excluding carboxylic acids is 2. The topological polar surface area (TPSA) is 134 Å². The third kappa shape index (κ3) is 31.0. The molecule has 2 unspecified atom stereocenters. The summed E-state index contributed by atoms with van der Waals surface area (Å²) in [6.07, 6.45) is 27.0. The van der Waals surface area contributed by atoms with Crippen LogP contribution in [0.1, 0.15) is 174 Å². The molecule has 0 bridgehead atoms. The average Bonchev–Trinajstić information content (AvgIpc) is 3.00. The maximum absolute atomic E-state index is 12.5. The molecule has 44 heavy (non-hydrogen) atoms. The minimum Gasteiger partial charge on any atom is -0.462 e. The molecule has 0 aromatic rings. The number of rotatable bonds is 34. The highest BCUT2D eigenvalue weighted by atomic mass is 31.2. The van der Waals surface area contributed by atoms with E-state index in [1.54, 1.807) is 0 Å². The Morgan fingerprint density at radius 2 is 0.977 bits per heavy atom. The largest absolute Gasteiger partial charge is 0.472 e. The fourth-order valence-corrected chi connectivity index (χ4v) is 5.81. The summed E-state index contributed by atoms with van der Waals surface area (Å²) in [4.78, 5) is 34.6. The molecular weight excluding hydrogens is 581 g/mol. The van der Waals surface area contributed by atoms with Crippen molar-refractivity contribution in [1.29, 1.82) is 0 Å². The Morgan fingerprint density at radius 1 is 0.591 bits per heavy atom. The van der Waals surface area contributed by atoms with Crippen LogP contribution in [0.4, 0.5) is 0 Å². The van der Waals surface area contributed by atoms with Gasteiger partial charge >= 0.3 is 19.8 Å².